The molecule has 2 aromatic heterocycles. The molecule has 4 rings (SSSR count). The van der Waals surface area contributed by atoms with Gasteiger partial charge in [0.05, 0.1) is 18.7 Å². The predicted molar refractivity (Wildman–Crippen MR) is 124 cm³/mol. The van der Waals surface area contributed by atoms with Crippen molar-refractivity contribution in [3.63, 3.8) is 0 Å². The summed E-state index contributed by atoms with van der Waals surface area (Å²) < 4.78 is 20.4. The maximum Gasteiger partial charge on any atom is 0.307 e. The van der Waals surface area contributed by atoms with Crippen LogP contribution in [0, 0.1) is 5.82 Å². The minimum atomic E-state index is -0.912. The van der Waals surface area contributed by atoms with E-state index in [-0.39, 0.29) is 12.2 Å². The van der Waals surface area contributed by atoms with Gasteiger partial charge in [0.2, 0.25) is 0 Å². The van der Waals surface area contributed by atoms with Crippen LogP contribution in [0.15, 0.2) is 54.2 Å². The number of halogens is 1. The summed E-state index contributed by atoms with van der Waals surface area (Å²) in [5.41, 5.74) is 3.07. The zero-order valence-corrected chi connectivity index (χ0v) is 18.3. The summed E-state index contributed by atoms with van der Waals surface area (Å²) >= 11 is 1.53. The molecule has 32 heavy (non-hydrogen) atoms. The van der Waals surface area contributed by atoms with Gasteiger partial charge in [-0.3, -0.25) is 4.79 Å². The minimum absolute atomic E-state index is 0.107. The molecule has 0 spiro atoms. The molecule has 0 aliphatic rings. The Hall–Kier alpha value is -3.52. The van der Waals surface area contributed by atoms with Gasteiger partial charge >= 0.3 is 5.97 Å². The first-order valence-corrected chi connectivity index (χ1v) is 11.1. The number of carboxylic acids is 1. The lowest BCUT2D eigenvalue weighted by atomic mass is 10.0. The molecule has 4 aromatic rings. The van der Waals surface area contributed by atoms with E-state index in [9.17, 15) is 9.18 Å². The molecule has 8 heteroatoms. The summed E-state index contributed by atoms with van der Waals surface area (Å²) in [6.07, 6.45) is 2.02. The van der Waals surface area contributed by atoms with Crippen molar-refractivity contribution < 1.29 is 19.0 Å². The van der Waals surface area contributed by atoms with E-state index in [0.29, 0.717) is 42.4 Å². The first-order chi connectivity index (χ1) is 15.5. The Balaban J connectivity index is 1.49. The number of ether oxygens (including phenoxy) is 1. The minimum Gasteiger partial charge on any atom is -0.494 e. The van der Waals surface area contributed by atoms with Crippen LogP contribution >= 0.6 is 11.3 Å². The lowest BCUT2D eigenvalue weighted by molar-refractivity contribution is -0.136. The number of thiophene rings is 1. The number of hydrogen-bond donors (Lipinski definition) is 2. The Morgan fingerprint density at radius 2 is 2.03 bits per heavy atom. The van der Waals surface area contributed by atoms with Crippen molar-refractivity contribution in [3.05, 3.63) is 71.1 Å². The fourth-order valence-corrected chi connectivity index (χ4v) is 4.42. The standard InChI is InChI=1S/C24H22FN3O3S/c1-2-31-21-10-16(3-4-17(21)11-24(29)30)20-13-23(28-14-27-20)26-7-5-15-9-18(25)12-22-19(15)6-8-32-22/h3-4,6,8-10,12-14H,2,5,7,11H2,1H3,(H,29,30)(H,26,27,28). The van der Waals surface area contributed by atoms with Crippen LogP contribution in [0.1, 0.15) is 18.1 Å². The van der Waals surface area contributed by atoms with Crippen LogP contribution in [-0.4, -0.2) is 34.2 Å². The van der Waals surface area contributed by atoms with Crippen molar-refractivity contribution in [3.8, 4) is 17.0 Å². The van der Waals surface area contributed by atoms with Crippen molar-refractivity contribution in [1.82, 2.24) is 9.97 Å². The third-order valence-electron chi connectivity index (χ3n) is 4.99. The highest BCUT2D eigenvalue weighted by Gasteiger charge is 2.11. The Kier molecular flexibility index (Phi) is 6.61. The Morgan fingerprint density at radius 1 is 1.16 bits per heavy atom. The van der Waals surface area contributed by atoms with Crippen LogP contribution < -0.4 is 10.1 Å². The average Bonchev–Trinajstić information content (AvgIpc) is 3.23. The highest BCUT2D eigenvalue weighted by molar-refractivity contribution is 7.17. The first kappa shape index (κ1) is 21.7. The molecule has 2 heterocycles. The van der Waals surface area contributed by atoms with Crippen molar-refractivity contribution >= 4 is 33.2 Å². The van der Waals surface area contributed by atoms with Crippen LogP contribution in [0.25, 0.3) is 21.3 Å². The number of carbonyl (C=O) groups is 1. The number of nitrogens with one attached hydrogen (secondary N) is 1. The molecule has 0 saturated heterocycles. The Labute approximate surface area is 188 Å². The SMILES string of the molecule is CCOc1cc(-c2cc(NCCc3cc(F)cc4sccc34)ncn2)ccc1CC(=O)O. The van der Waals surface area contributed by atoms with Crippen LogP contribution in [-0.2, 0) is 17.6 Å². The van der Waals surface area contributed by atoms with E-state index in [1.807, 2.05) is 30.5 Å². The molecule has 0 radical (unpaired) electrons. The van der Waals surface area contributed by atoms with Gasteiger partial charge in [-0.25, -0.2) is 14.4 Å². The summed E-state index contributed by atoms with van der Waals surface area (Å²) in [4.78, 5) is 19.7. The monoisotopic (exact) mass is 451 g/mol. The molecule has 6 nitrogen and oxygen atoms in total. The molecule has 0 amide bonds. The number of rotatable bonds is 9. The number of aromatic nitrogens is 2. The van der Waals surface area contributed by atoms with Gasteiger partial charge in [0.15, 0.2) is 0 Å². The third-order valence-corrected chi connectivity index (χ3v) is 5.86. The van der Waals surface area contributed by atoms with Crippen LogP contribution in [0.4, 0.5) is 10.2 Å². The fraction of sp³-hybridized carbons (Fsp3) is 0.208. The third kappa shape index (κ3) is 5.03. The van der Waals surface area contributed by atoms with E-state index in [1.54, 1.807) is 24.3 Å². The number of carboxylic acid groups (broad SMARTS) is 1. The van der Waals surface area contributed by atoms with Crippen LogP contribution in [0.2, 0.25) is 0 Å². The number of nitrogens with zero attached hydrogens (tertiary/aromatic N) is 2. The quantitative estimate of drug-likeness (QED) is 0.365. The molecule has 0 unspecified atom stereocenters. The summed E-state index contributed by atoms with van der Waals surface area (Å²) in [5, 5.41) is 15.4. The van der Waals surface area contributed by atoms with E-state index in [2.05, 4.69) is 15.3 Å². The number of hydrogen-bond acceptors (Lipinski definition) is 6. The molecule has 0 bridgehead atoms. The molecule has 2 N–H and O–H groups in total. The molecule has 2 aromatic carbocycles. The van der Waals surface area contributed by atoms with E-state index in [1.165, 1.54) is 17.7 Å². The van der Waals surface area contributed by atoms with Crippen molar-refractivity contribution in [2.24, 2.45) is 0 Å². The summed E-state index contributed by atoms with van der Waals surface area (Å²) in [6, 6.07) is 12.4. The second-order valence-corrected chi connectivity index (χ2v) is 8.14. The number of aliphatic carboxylic acids is 1. The normalized spacial score (nSPS) is 10.9. The predicted octanol–water partition coefficient (Wildman–Crippen LogP) is 5.18. The molecular formula is C24H22FN3O3S. The van der Waals surface area contributed by atoms with Crippen LogP contribution in [0.5, 0.6) is 5.75 Å². The van der Waals surface area contributed by atoms with Gasteiger partial charge in [-0.15, -0.1) is 11.3 Å². The molecule has 0 fully saturated rings. The first-order valence-electron chi connectivity index (χ1n) is 10.2. The van der Waals surface area contributed by atoms with E-state index in [0.717, 1.165) is 21.2 Å². The second-order valence-electron chi connectivity index (χ2n) is 7.19. The Bertz CT molecular complexity index is 1260. The molecule has 0 saturated carbocycles. The maximum absolute atomic E-state index is 13.9. The number of benzene rings is 2. The van der Waals surface area contributed by atoms with E-state index < -0.39 is 5.97 Å². The number of fused-ring (bicyclic) bond motifs is 1. The molecule has 0 aliphatic carbocycles. The second kappa shape index (κ2) is 9.74. The molecule has 0 atom stereocenters. The largest absolute Gasteiger partial charge is 0.494 e. The molecular weight excluding hydrogens is 429 g/mol. The zero-order valence-electron chi connectivity index (χ0n) is 17.5. The van der Waals surface area contributed by atoms with Crippen molar-refractivity contribution in [2.75, 3.05) is 18.5 Å². The average molecular weight is 452 g/mol. The topological polar surface area (TPSA) is 84.3 Å². The van der Waals surface area contributed by atoms with E-state index >= 15 is 0 Å². The Morgan fingerprint density at radius 3 is 2.84 bits per heavy atom. The lowest BCUT2D eigenvalue weighted by Crippen LogP contribution is -2.07. The number of anilines is 1. The summed E-state index contributed by atoms with van der Waals surface area (Å²) in [6.45, 7) is 2.88. The fourth-order valence-electron chi connectivity index (χ4n) is 3.57. The lowest BCUT2D eigenvalue weighted by Gasteiger charge is -2.12. The molecule has 0 aliphatic heterocycles. The highest BCUT2D eigenvalue weighted by atomic mass is 32.1. The van der Waals surface area contributed by atoms with Gasteiger partial charge in [0, 0.05) is 28.4 Å². The van der Waals surface area contributed by atoms with Crippen molar-refractivity contribution in [2.45, 2.75) is 19.8 Å². The van der Waals surface area contributed by atoms with Gasteiger partial charge in [-0.05, 0) is 53.9 Å². The van der Waals surface area contributed by atoms with Crippen LogP contribution in [0.3, 0.4) is 0 Å². The van der Waals surface area contributed by atoms with Gasteiger partial charge in [0.1, 0.15) is 23.7 Å². The maximum atomic E-state index is 13.9. The zero-order chi connectivity index (χ0) is 22.5. The summed E-state index contributed by atoms with van der Waals surface area (Å²) in [7, 11) is 0. The van der Waals surface area contributed by atoms with E-state index in [4.69, 9.17) is 9.84 Å². The summed E-state index contributed by atoms with van der Waals surface area (Å²) in [5.74, 6) is 0.0490. The van der Waals surface area contributed by atoms with Crippen molar-refractivity contribution in [1.29, 1.82) is 0 Å². The smallest absolute Gasteiger partial charge is 0.307 e. The van der Waals surface area contributed by atoms with Gasteiger partial charge in [-0.2, -0.15) is 0 Å². The molecule has 164 valence electrons. The van der Waals surface area contributed by atoms with Gasteiger partial charge < -0.3 is 15.2 Å². The van der Waals surface area contributed by atoms with Gasteiger partial charge in [0.25, 0.3) is 0 Å². The van der Waals surface area contributed by atoms with Gasteiger partial charge in [-0.1, -0.05) is 12.1 Å². The highest BCUT2D eigenvalue weighted by Crippen LogP contribution is 2.28.